The van der Waals surface area contributed by atoms with Gasteiger partial charge in [-0.25, -0.2) is 4.98 Å². The molecular weight excluding hydrogens is 446 g/mol. The zero-order valence-electron chi connectivity index (χ0n) is 16.8. The molecule has 0 saturated carbocycles. The maximum Gasteiger partial charge on any atom is 0.293 e. The molecule has 6 nitrogen and oxygen atoms in total. The molecule has 5 aromatic rings. The van der Waals surface area contributed by atoms with Gasteiger partial charge in [0, 0.05) is 27.2 Å². The van der Waals surface area contributed by atoms with Gasteiger partial charge in [-0.15, -0.1) is 0 Å². The van der Waals surface area contributed by atoms with Crippen LogP contribution in [0.3, 0.4) is 0 Å². The molecule has 2 N–H and O–H groups in total. The van der Waals surface area contributed by atoms with E-state index in [1.807, 2.05) is 43.3 Å². The molecule has 0 aliphatic rings. The van der Waals surface area contributed by atoms with Crippen molar-refractivity contribution >= 4 is 62.6 Å². The summed E-state index contributed by atoms with van der Waals surface area (Å²) in [6, 6.07) is 20.1. The van der Waals surface area contributed by atoms with Crippen molar-refractivity contribution in [1.29, 1.82) is 0 Å². The molecule has 2 aromatic heterocycles. The Hall–Kier alpha value is -3.68. The molecule has 0 fully saturated rings. The minimum atomic E-state index is -0.413. The number of hydrogen-bond acceptors (Lipinski definition) is 5. The Morgan fingerprint density at radius 1 is 1.00 bits per heavy atom. The van der Waals surface area contributed by atoms with E-state index in [0.717, 1.165) is 16.5 Å². The summed E-state index contributed by atoms with van der Waals surface area (Å²) in [6.07, 6.45) is 0. The molecule has 158 valence electrons. The fraction of sp³-hybridized carbons (Fsp3) is 0.0417. The fourth-order valence-electron chi connectivity index (χ4n) is 3.43. The molecule has 0 radical (unpaired) electrons. The molecule has 3 aromatic carbocycles. The quantitative estimate of drug-likeness (QED) is 0.305. The SMILES string of the molecule is Cc1c(C(=O)NC(=S)Nc2ccc3oc(-c4ccc(Cl)cc4)nc3c2)oc2ccccc12. The highest BCUT2D eigenvalue weighted by Crippen LogP contribution is 2.27. The van der Waals surface area contributed by atoms with Gasteiger partial charge in [-0.3, -0.25) is 10.1 Å². The topological polar surface area (TPSA) is 80.3 Å². The van der Waals surface area contributed by atoms with E-state index in [4.69, 9.17) is 32.7 Å². The Kier molecular flexibility index (Phi) is 5.13. The van der Waals surface area contributed by atoms with Gasteiger partial charge in [-0.1, -0.05) is 29.8 Å². The molecule has 0 atom stereocenters. The summed E-state index contributed by atoms with van der Waals surface area (Å²) in [5, 5.41) is 7.35. The Morgan fingerprint density at radius 2 is 1.78 bits per heavy atom. The lowest BCUT2D eigenvalue weighted by molar-refractivity contribution is 0.0952. The van der Waals surface area contributed by atoms with Crippen LogP contribution < -0.4 is 10.6 Å². The normalized spacial score (nSPS) is 11.1. The van der Waals surface area contributed by atoms with E-state index in [2.05, 4.69) is 15.6 Å². The molecule has 32 heavy (non-hydrogen) atoms. The van der Waals surface area contributed by atoms with E-state index in [0.29, 0.717) is 33.3 Å². The molecule has 5 rings (SSSR count). The number of rotatable bonds is 3. The summed E-state index contributed by atoms with van der Waals surface area (Å²) in [7, 11) is 0. The van der Waals surface area contributed by atoms with Crippen LogP contribution in [0.1, 0.15) is 16.1 Å². The number of benzene rings is 3. The highest BCUT2D eigenvalue weighted by molar-refractivity contribution is 7.80. The summed E-state index contributed by atoms with van der Waals surface area (Å²) >= 11 is 11.3. The summed E-state index contributed by atoms with van der Waals surface area (Å²) < 4.78 is 11.5. The number of thiocarbonyl (C=S) groups is 1. The molecule has 2 heterocycles. The van der Waals surface area contributed by atoms with Crippen molar-refractivity contribution < 1.29 is 13.6 Å². The van der Waals surface area contributed by atoms with Gasteiger partial charge in [-0.05, 0) is 67.7 Å². The summed E-state index contributed by atoms with van der Waals surface area (Å²) in [5.41, 5.74) is 4.20. The molecular formula is C24H16ClN3O3S. The van der Waals surface area contributed by atoms with Crippen LogP contribution in [0.2, 0.25) is 5.02 Å². The third-order valence-corrected chi connectivity index (χ3v) is 5.47. The third kappa shape index (κ3) is 3.84. The van der Waals surface area contributed by atoms with E-state index in [-0.39, 0.29) is 10.9 Å². The van der Waals surface area contributed by atoms with E-state index >= 15 is 0 Å². The van der Waals surface area contributed by atoms with Gasteiger partial charge >= 0.3 is 0 Å². The number of carbonyl (C=O) groups is 1. The molecule has 1 amide bonds. The molecule has 0 aliphatic heterocycles. The van der Waals surface area contributed by atoms with Crippen LogP contribution in [0.25, 0.3) is 33.5 Å². The van der Waals surface area contributed by atoms with Crippen molar-refractivity contribution in [2.75, 3.05) is 5.32 Å². The first-order valence-corrected chi connectivity index (χ1v) is 10.5. The predicted molar refractivity (Wildman–Crippen MR) is 129 cm³/mol. The van der Waals surface area contributed by atoms with Gasteiger partial charge in [0.05, 0.1) is 0 Å². The van der Waals surface area contributed by atoms with Gasteiger partial charge in [0.15, 0.2) is 16.5 Å². The Morgan fingerprint density at radius 3 is 2.56 bits per heavy atom. The van der Waals surface area contributed by atoms with Gasteiger partial charge in [0.25, 0.3) is 5.91 Å². The molecule has 0 saturated heterocycles. The number of anilines is 1. The van der Waals surface area contributed by atoms with Crippen LogP contribution in [0.15, 0.2) is 75.6 Å². The highest BCUT2D eigenvalue weighted by Gasteiger charge is 2.18. The Bertz CT molecular complexity index is 1490. The van der Waals surface area contributed by atoms with Gasteiger partial charge in [0.1, 0.15) is 11.1 Å². The number of para-hydroxylation sites is 1. The molecule has 8 heteroatoms. The number of carbonyl (C=O) groups excluding carboxylic acids is 1. The average molecular weight is 462 g/mol. The largest absolute Gasteiger partial charge is 0.451 e. The number of hydrogen-bond donors (Lipinski definition) is 2. The first-order valence-electron chi connectivity index (χ1n) is 9.75. The molecule has 0 spiro atoms. The van der Waals surface area contributed by atoms with Crippen molar-refractivity contribution in [3.05, 3.63) is 83.1 Å². The highest BCUT2D eigenvalue weighted by atomic mass is 35.5. The van der Waals surface area contributed by atoms with Gasteiger partial charge in [0.2, 0.25) is 5.89 Å². The van der Waals surface area contributed by atoms with E-state index in [1.54, 1.807) is 30.3 Å². The van der Waals surface area contributed by atoms with Crippen LogP contribution in [0.5, 0.6) is 0 Å². The lowest BCUT2D eigenvalue weighted by Gasteiger charge is -2.08. The van der Waals surface area contributed by atoms with Crippen LogP contribution in [-0.2, 0) is 0 Å². The second-order valence-corrected chi connectivity index (χ2v) is 8.01. The second-order valence-electron chi connectivity index (χ2n) is 7.17. The summed E-state index contributed by atoms with van der Waals surface area (Å²) in [6.45, 7) is 1.84. The van der Waals surface area contributed by atoms with Crippen LogP contribution in [0.4, 0.5) is 5.69 Å². The number of halogens is 1. The maximum absolute atomic E-state index is 12.7. The third-order valence-electron chi connectivity index (χ3n) is 5.01. The zero-order chi connectivity index (χ0) is 22.2. The number of aromatic nitrogens is 1. The maximum atomic E-state index is 12.7. The van der Waals surface area contributed by atoms with Gasteiger partial charge < -0.3 is 14.2 Å². The van der Waals surface area contributed by atoms with E-state index in [1.165, 1.54) is 0 Å². The second kappa shape index (κ2) is 8.11. The standard InChI is InChI=1S/C24H16ClN3O3S/c1-13-17-4-2-3-5-19(17)30-21(13)22(29)28-24(32)26-16-10-11-20-18(12-16)27-23(31-20)14-6-8-15(25)9-7-14/h2-12H,1H3,(H2,26,28,29,32). The zero-order valence-corrected chi connectivity index (χ0v) is 18.4. The van der Waals surface area contributed by atoms with Crippen LogP contribution >= 0.6 is 23.8 Å². The number of amides is 1. The Balaban J connectivity index is 1.32. The predicted octanol–water partition coefficient (Wildman–Crippen LogP) is 6.33. The Labute approximate surface area is 193 Å². The van der Waals surface area contributed by atoms with Crippen molar-refractivity contribution in [3.63, 3.8) is 0 Å². The minimum Gasteiger partial charge on any atom is -0.451 e. The number of fused-ring (bicyclic) bond motifs is 2. The molecule has 0 aliphatic carbocycles. The molecule has 0 unspecified atom stereocenters. The number of furan rings is 1. The average Bonchev–Trinajstić information content (AvgIpc) is 3.35. The smallest absolute Gasteiger partial charge is 0.293 e. The van der Waals surface area contributed by atoms with Crippen molar-refractivity contribution in [1.82, 2.24) is 10.3 Å². The number of aryl methyl sites for hydroxylation is 1. The fourth-order valence-corrected chi connectivity index (χ4v) is 3.77. The van der Waals surface area contributed by atoms with E-state index < -0.39 is 5.91 Å². The van der Waals surface area contributed by atoms with Crippen molar-refractivity contribution in [2.24, 2.45) is 0 Å². The molecule has 0 bridgehead atoms. The minimum absolute atomic E-state index is 0.149. The lowest BCUT2D eigenvalue weighted by atomic mass is 10.1. The van der Waals surface area contributed by atoms with Crippen molar-refractivity contribution in [3.8, 4) is 11.5 Å². The first kappa shape index (κ1) is 20.2. The van der Waals surface area contributed by atoms with Crippen LogP contribution in [-0.4, -0.2) is 16.0 Å². The number of nitrogens with zero attached hydrogens (tertiary/aromatic N) is 1. The monoisotopic (exact) mass is 461 g/mol. The number of nitrogens with one attached hydrogen (secondary N) is 2. The number of oxazole rings is 1. The van der Waals surface area contributed by atoms with Crippen molar-refractivity contribution in [2.45, 2.75) is 6.92 Å². The lowest BCUT2D eigenvalue weighted by Crippen LogP contribution is -2.34. The first-order chi connectivity index (χ1) is 15.5. The summed E-state index contributed by atoms with van der Waals surface area (Å²) in [5.74, 6) is 0.309. The van der Waals surface area contributed by atoms with Crippen LogP contribution in [0, 0.1) is 6.92 Å². The van der Waals surface area contributed by atoms with Gasteiger partial charge in [-0.2, -0.15) is 0 Å². The van der Waals surface area contributed by atoms with E-state index in [9.17, 15) is 4.79 Å². The summed E-state index contributed by atoms with van der Waals surface area (Å²) in [4.78, 5) is 17.2.